The number of hydrogen-bond acceptors (Lipinski definition) is 5. The van der Waals surface area contributed by atoms with Crippen molar-refractivity contribution in [3.05, 3.63) is 29.5 Å². The van der Waals surface area contributed by atoms with E-state index in [0.717, 1.165) is 31.1 Å². The van der Waals surface area contributed by atoms with E-state index in [9.17, 15) is 0 Å². The molecule has 0 radical (unpaired) electrons. The van der Waals surface area contributed by atoms with Crippen molar-refractivity contribution in [1.82, 2.24) is 14.5 Å². The summed E-state index contributed by atoms with van der Waals surface area (Å²) in [5.41, 5.74) is 0.864. The highest BCUT2D eigenvalue weighted by Crippen LogP contribution is 2.41. The molecule has 2 fully saturated rings. The van der Waals surface area contributed by atoms with Crippen molar-refractivity contribution in [2.45, 2.75) is 24.9 Å². The average molecular weight is 362 g/mol. The van der Waals surface area contributed by atoms with Crippen molar-refractivity contribution in [3.8, 4) is 22.9 Å². The number of halogens is 1. The quantitative estimate of drug-likeness (QED) is 0.841. The van der Waals surface area contributed by atoms with E-state index in [1.807, 2.05) is 18.5 Å². The van der Waals surface area contributed by atoms with Gasteiger partial charge in [-0.05, 0) is 32.0 Å². The molecule has 0 spiro atoms. The fraction of sp³-hybridized carbons (Fsp3) is 0.500. The van der Waals surface area contributed by atoms with Crippen LogP contribution in [-0.2, 0) is 4.74 Å². The third kappa shape index (κ3) is 2.60. The lowest BCUT2D eigenvalue weighted by Crippen LogP contribution is -2.39. The van der Waals surface area contributed by atoms with Crippen molar-refractivity contribution < 1.29 is 14.2 Å². The Hall–Kier alpha value is -1.76. The Morgan fingerprint density at radius 2 is 1.80 bits per heavy atom. The Kier molecular flexibility index (Phi) is 3.84. The zero-order valence-corrected chi connectivity index (χ0v) is 14.6. The molecule has 0 bridgehead atoms. The topological polar surface area (TPSA) is 48.8 Å². The van der Waals surface area contributed by atoms with Gasteiger partial charge in [-0.1, -0.05) is 11.6 Å². The molecule has 0 unspecified atom stereocenters. The van der Waals surface area contributed by atoms with Gasteiger partial charge in [0.2, 0.25) is 6.79 Å². The summed E-state index contributed by atoms with van der Waals surface area (Å²) < 4.78 is 19.0. The Morgan fingerprint density at radius 1 is 1.04 bits per heavy atom. The van der Waals surface area contributed by atoms with E-state index >= 15 is 0 Å². The minimum Gasteiger partial charge on any atom is -0.454 e. The van der Waals surface area contributed by atoms with Gasteiger partial charge in [-0.15, -0.1) is 0 Å². The van der Waals surface area contributed by atoms with E-state index in [1.54, 1.807) is 6.07 Å². The second-order valence-corrected chi connectivity index (χ2v) is 7.17. The van der Waals surface area contributed by atoms with Crippen LogP contribution >= 0.6 is 11.6 Å². The smallest absolute Gasteiger partial charge is 0.231 e. The number of hydrogen-bond donors (Lipinski definition) is 0. The van der Waals surface area contributed by atoms with Crippen LogP contribution < -0.4 is 9.47 Å². The maximum atomic E-state index is 6.51. The number of aromatic nitrogens is 2. The largest absolute Gasteiger partial charge is 0.454 e. The van der Waals surface area contributed by atoms with Crippen molar-refractivity contribution >= 4 is 11.6 Å². The molecule has 4 heterocycles. The highest BCUT2D eigenvalue weighted by atomic mass is 35.5. The molecule has 1 aromatic heterocycles. The second kappa shape index (κ2) is 6.20. The summed E-state index contributed by atoms with van der Waals surface area (Å²) in [5, 5.41) is 0.619. The first kappa shape index (κ1) is 15.5. The summed E-state index contributed by atoms with van der Waals surface area (Å²) in [6, 6.07) is 4.37. The Bertz CT molecular complexity index is 788. The highest BCUT2D eigenvalue weighted by molar-refractivity contribution is 6.33. The number of nitrogens with zero attached hydrogens (tertiary/aromatic N) is 3. The van der Waals surface area contributed by atoms with Crippen LogP contribution in [0, 0.1) is 0 Å². The summed E-state index contributed by atoms with van der Waals surface area (Å²) in [6.07, 6.45) is 6.40. The van der Waals surface area contributed by atoms with E-state index in [0.29, 0.717) is 29.2 Å². The summed E-state index contributed by atoms with van der Waals surface area (Å²) >= 11 is 6.51. The van der Waals surface area contributed by atoms with Crippen LogP contribution in [0.3, 0.4) is 0 Å². The molecule has 2 aromatic rings. The maximum Gasteiger partial charge on any atom is 0.231 e. The number of rotatable bonds is 3. The van der Waals surface area contributed by atoms with Crippen LogP contribution in [-0.4, -0.2) is 53.6 Å². The van der Waals surface area contributed by atoms with Gasteiger partial charge in [0.15, 0.2) is 11.5 Å². The minimum atomic E-state index is 0.233. The van der Waals surface area contributed by atoms with Gasteiger partial charge in [0.1, 0.15) is 5.82 Å². The van der Waals surface area contributed by atoms with Crippen LogP contribution in [0.1, 0.15) is 18.9 Å². The van der Waals surface area contributed by atoms with Crippen LogP contribution in [0.4, 0.5) is 0 Å². The van der Waals surface area contributed by atoms with E-state index in [2.05, 4.69) is 14.5 Å². The number of ether oxygens (including phenoxy) is 3. The average Bonchev–Trinajstić information content (AvgIpc) is 3.37. The van der Waals surface area contributed by atoms with Gasteiger partial charge in [0.05, 0.1) is 30.3 Å². The maximum absolute atomic E-state index is 6.51. The lowest BCUT2D eigenvalue weighted by atomic mass is 10.1. The van der Waals surface area contributed by atoms with E-state index in [1.165, 1.54) is 12.8 Å². The highest BCUT2D eigenvalue weighted by Gasteiger charge is 2.36. The molecule has 0 amide bonds. The van der Waals surface area contributed by atoms with Gasteiger partial charge in [-0.2, -0.15) is 0 Å². The number of imidazole rings is 1. The summed E-state index contributed by atoms with van der Waals surface area (Å²) in [4.78, 5) is 7.13. The van der Waals surface area contributed by atoms with Crippen LogP contribution in [0.25, 0.3) is 11.4 Å². The minimum absolute atomic E-state index is 0.233. The first-order valence-corrected chi connectivity index (χ1v) is 9.13. The van der Waals surface area contributed by atoms with Gasteiger partial charge in [0.25, 0.3) is 0 Å². The van der Waals surface area contributed by atoms with Gasteiger partial charge in [-0.25, -0.2) is 4.98 Å². The van der Waals surface area contributed by atoms with Gasteiger partial charge >= 0.3 is 0 Å². The van der Waals surface area contributed by atoms with Crippen LogP contribution in [0.2, 0.25) is 5.02 Å². The van der Waals surface area contributed by atoms with E-state index < -0.39 is 0 Å². The molecule has 3 aliphatic heterocycles. The van der Waals surface area contributed by atoms with Gasteiger partial charge in [0, 0.05) is 24.0 Å². The van der Waals surface area contributed by atoms with Crippen molar-refractivity contribution in [1.29, 1.82) is 0 Å². The Balaban J connectivity index is 1.52. The fourth-order valence-electron chi connectivity index (χ4n) is 4.10. The van der Waals surface area contributed by atoms with Crippen molar-refractivity contribution in [3.63, 3.8) is 0 Å². The lowest BCUT2D eigenvalue weighted by molar-refractivity contribution is 0.158. The van der Waals surface area contributed by atoms with Crippen molar-refractivity contribution in [2.24, 2.45) is 0 Å². The summed E-state index contributed by atoms with van der Waals surface area (Å²) in [5.74, 6) is 2.25. The van der Waals surface area contributed by atoms with Crippen LogP contribution in [0.5, 0.6) is 11.5 Å². The molecule has 5 rings (SSSR count). The zero-order valence-electron chi connectivity index (χ0n) is 13.9. The number of benzene rings is 1. The predicted molar refractivity (Wildman–Crippen MR) is 93.2 cm³/mol. The number of likely N-dealkylation sites (tertiary alicyclic amines) is 1. The molecule has 132 valence electrons. The summed E-state index contributed by atoms with van der Waals surface area (Å²) in [6.45, 7) is 4.01. The van der Waals surface area contributed by atoms with E-state index in [-0.39, 0.29) is 12.8 Å². The monoisotopic (exact) mass is 361 g/mol. The molecule has 0 saturated carbocycles. The molecule has 2 atom stereocenters. The van der Waals surface area contributed by atoms with Crippen LogP contribution in [0.15, 0.2) is 24.5 Å². The molecular weight excluding hydrogens is 342 g/mol. The molecule has 0 aliphatic carbocycles. The Morgan fingerprint density at radius 3 is 2.64 bits per heavy atom. The Labute approximate surface area is 151 Å². The molecule has 25 heavy (non-hydrogen) atoms. The lowest BCUT2D eigenvalue weighted by Gasteiger charge is -2.29. The standard InChI is InChI=1S/C18H20ClN3O3/c19-13-8-17-16(24-11-25-17)7-12(13)18-20-3-6-22(18)15-10-23-9-14(15)21-4-1-2-5-21/h3,6-8,14-15H,1-2,4-5,9-11H2/t14-,15-/m1/s1. The first-order valence-electron chi connectivity index (χ1n) is 8.75. The molecule has 3 aliphatic rings. The third-order valence-electron chi connectivity index (χ3n) is 5.36. The molecule has 2 saturated heterocycles. The molecule has 6 nitrogen and oxygen atoms in total. The molecule has 7 heteroatoms. The second-order valence-electron chi connectivity index (χ2n) is 6.76. The van der Waals surface area contributed by atoms with E-state index in [4.69, 9.17) is 25.8 Å². The molecular formula is C18H20ClN3O3. The fourth-order valence-corrected chi connectivity index (χ4v) is 4.34. The molecule has 0 N–H and O–H groups in total. The molecule has 1 aromatic carbocycles. The number of fused-ring (bicyclic) bond motifs is 1. The van der Waals surface area contributed by atoms with Crippen molar-refractivity contribution in [2.75, 3.05) is 33.1 Å². The van der Waals surface area contributed by atoms with Gasteiger partial charge < -0.3 is 18.8 Å². The normalized spacial score (nSPS) is 25.8. The first-order chi connectivity index (χ1) is 12.3. The predicted octanol–water partition coefficient (Wildman–Crippen LogP) is 2.97. The summed E-state index contributed by atoms with van der Waals surface area (Å²) in [7, 11) is 0. The zero-order chi connectivity index (χ0) is 16.8. The van der Waals surface area contributed by atoms with Gasteiger partial charge in [-0.3, -0.25) is 4.90 Å². The third-order valence-corrected chi connectivity index (χ3v) is 5.67. The SMILES string of the molecule is Clc1cc2c(cc1-c1nccn1[C@@H]1COC[C@H]1N1CCCC1)OCO2.